The monoisotopic (exact) mass is 366 g/mol. The van der Waals surface area contributed by atoms with E-state index in [1.807, 2.05) is 13.8 Å². The number of hydrogen-bond acceptors (Lipinski definition) is 6. The Morgan fingerprint density at radius 1 is 1.36 bits per heavy atom. The molecular weight excluding hydrogens is 344 g/mol. The minimum Gasteiger partial charge on any atom is -0.369 e. The fourth-order valence-electron chi connectivity index (χ4n) is 3.60. The maximum Gasteiger partial charge on any atom is 0.255 e. The van der Waals surface area contributed by atoms with Gasteiger partial charge in [0.05, 0.1) is 17.2 Å². The van der Waals surface area contributed by atoms with Gasteiger partial charge in [0.25, 0.3) is 5.91 Å². The molecule has 0 aliphatic carbocycles. The van der Waals surface area contributed by atoms with Gasteiger partial charge in [0, 0.05) is 25.3 Å². The molecule has 2 saturated heterocycles. The molecule has 1 aromatic rings. The van der Waals surface area contributed by atoms with Crippen molar-refractivity contribution in [2.75, 3.05) is 24.2 Å². The van der Waals surface area contributed by atoms with Crippen molar-refractivity contribution in [2.24, 2.45) is 11.7 Å². The van der Waals surface area contributed by atoms with Crippen molar-refractivity contribution in [2.45, 2.75) is 31.1 Å². The summed E-state index contributed by atoms with van der Waals surface area (Å²) in [7, 11) is -3.43. The predicted molar refractivity (Wildman–Crippen MR) is 92.7 cm³/mol. The number of carbonyl (C=O) groups excluding carboxylic acids is 2. The quantitative estimate of drug-likeness (QED) is 0.774. The second-order valence-electron chi connectivity index (χ2n) is 7.02. The fourth-order valence-corrected chi connectivity index (χ4v) is 5.93. The van der Waals surface area contributed by atoms with Crippen LogP contribution in [0.3, 0.4) is 0 Å². The predicted octanol–water partition coefficient (Wildman–Crippen LogP) is 0.0165. The Morgan fingerprint density at radius 2 is 2.04 bits per heavy atom. The first-order valence-corrected chi connectivity index (χ1v) is 9.85. The van der Waals surface area contributed by atoms with Gasteiger partial charge < -0.3 is 16.0 Å². The summed E-state index contributed by atoms with van der Waals surface area (Å²) >= 11 is 0. The minimum atomic E-state index is -3.43. The van der Waals surface area contributed by atoms with E-state index in [0.29, 0.717) is 11.4 Å². The number of rotatable bonds is 4. The van der Waals surface area contributed by atoms with Gasteiger partial charge in [0.1, 0.15) is 10.6 Å². The van der Waals surface area contributed by atoms with E-state index in [2.05, 4.69) is 10.3 Å². The minimum absolute atomic E-state index is 0.00771. The van der Waals surface area contributed by atoms with Gasteiger partial charge in [-0.05, 0) is 32.4 Å². The van der Waals surface area contributed by atoms with Gasteiger partial charge in [-0.25, -0.2) is 13.4 Å². The molecular formula is C16H22N4O4S. The Kier molecular flexibility index (Phi) is 4.22. The van der Waals surface area contributed by atoms with Gasteiger partial charge in [0.2, 0.25) is 5.91 Å². The summed E-state index contributed by atoms with van der Waals surface area (Å²) in [5.74, 6) is -1.02. The third kappa shape index (κ3) is 2.86. The summed E-state index contributed by atoms with van der Waals surface area (Å²) in [6.07, 6.45) is 1.70. The number of anilines is 1. The summed E-state index contributed by atoms with van der Waals surface area (Å²) in [5, 5.41) is 3.13. The molecule has 1 unspecified atom stereocenters. The number of nitrogens with two attached hydrogens (primary N) is 1. The maximum absolute atomic E-state index is 12.5. The molecule has 0 bridgehead atoms. The maximum atomic E-state index is 12.5. The SMILES string of the molecule is CC(C)Nc1ccc(C(=O)N2CC3(C2)C(C(N)=O)CCS3(=O)=O)cn1. The Morgan fingerprint density at radius 3 is 2.56 bits per heavy atom. The second-order valence-corrected chi connectivity index (χ2v) is 9.47. The number of amides is 2. The van der Waals surface area contributed by atoms with E-state index in [0.717, 1.165) is 0 Å². The molecule has 2 amide bonds. The van der Waals surface area contributed by atoms with Gasteiger partial charge >= 0.3 is 0 Å². The molecule has 1 spiro atoms. The van der Waals surface area contributed by atoms with Crippen LogP contribution in [-0.2, 0) is 14.6 Å². The molecule has 8 nitrogen and oxygen atoms in total. The van der Waals surface area contributed by atoms with Gasteiger partial charge in [-0.15, -0.1) is 0 Å². The van der Waals surface area contributed by atoms with E-state index < -0.39 is 26.4 Å². The van der Waals surface area contributed by atoms with Crippen LogP contribution in [-0.4, -0.2) is 59.7 Å². The van der Waals surface area contributed by atoms with Crippen LogP contribution in [0.4, 0.5) is 5.82 Å². The fraction of sp³-hybridized carbons (Fsp3) is 0.562. The second kappa shape index (κ2) is 5.98. The molecule has 3 rings (SSSR count). The lowest BCUT2D eigenvalue weighted by Crippen LogP contribution is -2.69. The number of sulfone groups is 1. The van der Waals surface area contributed by atoms with Crippen molar-refractivity contribution in [3.05, 3.63) is 23.9 Å². The van der Waals surface area contributed by atoms with Crippen LogP contribution in [0.1, 0.15) is 30.6 Å². The molecule has 3 N–H and O–H groups in total. The van der Waals surface area contributed by atoms with Crippen LogP contribution in [0.15, 0.2) is 18.3 Å². The Hall–Kier alpha value is -2.16. The van der Waals surface area contributed by atoms with E-state index in [4.69, 9.17) is 5.73 Å². The zero-order chi connectivity index (χ0) is 18.4. The van der Waals surface area contributed by atoms with Crippen LogP contribution in [0.25, 0.3) is 0 Å². The van der Waals surface area contributed by atoms with Crippen LogP contribution in [0.5, 0.6) is 0 Å². The normalized spacial score (nSPS) is 23.5. The Balaban J connectivity index is 1.73. The lowest BCUT2D eigenvalue weighted by atomic mass is 9.82. The highest BCUT2D eigenvalue weighted by atomic mass is 32.2. The van der Waals surface area contributed by atoms with Crippen molar-refractivity contribution >= 4 is 27.5 Å². The van der Waals surface area contributed by atoms with Gasteiger partial charge in [-0.2, -0.15) is 0 Å². The molecule has 25 heavy (non-hydrogen) atoms. The highest BCUT2D eigenvalue weighted by molar-refractivity contribution is 7.93. The molecule has 2 aliphatic heterocycles. The first-order valence-electron chi connectivity index (χ1n) is 8.20. The molecule has 2 aliphatic rings. The molecule has 136 valence electrons. The molecule has 1 aromatic heterocycles. The Labute approximate surface area is 146 Å². The third-order valence-corrected chi connectivity index (χ3v) is 7.48. The van der Waals surface area contributed by atoms with Crippen LogP contribution in [0.2, 0.25) is 0 Å². The van der Waals surface area contributed by atoms with Crippen LogP contribution < -0.4 is 11.1 Å². The molecule has 2 fully saturated rings. The summed E-state index contributed by atoms with van der Waals surface area (Å²) < 4.78 is 23.5. The van der Waals surface area contributed by atoms with Crippen molar-refractivity contribution in [1.82, 2.24) is 9.88 Å². The standard InChI is InChI=1S/C16H22N4O4S/c1-10(2)19-13-4-3-11(7-18-13)15(22)20-8-16(9-20)12(14(17)21)5-6-25(16,23)24/h3-4,7,10,12H,5-6,8-9H2,1-2H3,(H2,17,21)(H,18,19). The lowest BCUT2D eigenvalue weighted by molar-refractivity contribution is -0.124. The van der Waals surface area contributed by atoms with Gasteiger partial charge in [-0.1, -0.05) is 0 Å². The first-order chi connectivity index (χ1) is 11.7. The highest BCUT2D eigenvalue weighted by Crippen LogP contribution is 2.44. The average molecular weight is 366 g/mol. The molecule has 3 heterocycles. The summed E-state index contributed by atoms with van der Waals surface area (Å²) in [5.41, 5.74) is 5.75. The number of likely N-dealkylation sites (tertiary alicyclic amines) is 1. The number of nitrogens with one attached hydrogen (secondary N) is 1. The van der Waals surface area contributed by atoms with E-state index >= 15 is 0 Å². The van der Waals surface area contributed by atoms with Crippen molar-refractivity contribution in [1.29, 1.82) is 0 Å². The topological polar surface area (TPSA) is 122 Å². The molecule has 9 heteroatoms. The Bertz CT molecular complexity index is 798. The summed E-state index contributed by atoms with van der Waals surface area (Å²) in [6.45, 7) is 3.98. The number of primary amides is 1. The average Bonchev–Trinajstić information content (AvgIpc) is 2.76. The van der Waals surface area contributed by atoms with E-state index in [9.17, 15) is 18.0 Å². The zero-order valence-corrected chi connectivity index (χ0v) is 15.0. The van der Waals surface area contributed by atoms with Gasteiger partial charge in [-0.3, -0.25) is 9.59 Å². The highest BCUT2D eigenvalue weighted by Gasteiger charge is 2.64. The number of nitrogens with zero attached hydrogens (tertiary/aromatic N) is 2. The number of hydrogen-bond donors (Lipinski definition) is 2. The van der Waals surface area contributed by atoms with E-state index in [1.54, 1.807) is 12.1 Å². The third-order valence-electron chi connectivity index (χ3n) is 4.92. The molecule has 0 aromatic carbocycles. The van der Waals surface area contributed by atoms with Crippen LogP contribution >= 0.6 is 0 Å². The lowest BCUT2D eigenvalue weighted by Gasteiger charge is -2.49. The summed E-state index contributed by atoms with van der Waals surface area (Å²) in [6, 6.07) is 3.59. The van der Waals surface area contributed by atoms with Crippen molar-refractivity contribution in [3.8, 4) is 0 Å². The van der Waals surface area contributed by atoms with E-state index in [-0.39, 0.29) is 37.2 Å². The first kappa shape index (κ1) is 17.7. The van der Waals surface area contributed by atoms with Crippen LogP contribution in [0, 0.1) is 5.92 Å². The van der Waals surface area contributed by atoms with E-state index in [1.165, 1.54) is 11.1 Å². The number of pyridine rings is 1. The van der Waals surface area contributed by atoms with Gasteiger partial charge in [0.15, 0.2) is 9.84 Å². The molecule has 0 saturated carbocycles. The van der Waals surface area contributed by atoms with Crippen molar-refractivity contribution < 1.29 is 18.0 Å². The van der Waals surface area contributed by atoms with Crippen molar-refractivity contribution in [3.63, 3.8) is 0 Å². The zero-order valence-electron chi connectivity index (χ0n) is 14.2. The molecule has 1 atom stereocenters. The number of carbonyl (C=O) groups is 2. The smallest absolute Gasteiger partial charge is 0.255 e. The molecule has 0 radical (unpaired) electrons. The largest absolute Gasteiger partial charge is 0.369 e. The number of aromatic nitrogens is 1. The summed E-state index contributed by atoms with van der Waals surface area (Å²) in [4.78, 5) is 29.8.